The van der Waals surface area contributed by atoms with Crippen LogP contribution in [0.3, 0.4) is 0 Å². The van der Waals surface area contributed by atoms with Gasteiger partial charge < -0.3 is 15.2 Å². The van der Waals surface area contributed by atoms with Crippen LogP contribution in [0.5, 0.6) is 11.5 Å². The summed E-state index contributed by atoms with van der Waals surface area (Å²) in [6.07, 6.45) is 7.04. The first-order chi connectivity index (χ1) is 16.5. The molecule has 2 N–H and O–H groups in total. The van der Waals surface area contributed by atoms with E-state index in [9.17, 15) is 0 Å². The molecule has 4 rings (SSSR count). The molecule has 2 bridgehead atoms. The molecule has 4 nitrogen and oxygen atoms in total. The molecule has 2 aromatic rings. The van der Waals surface area contributed by atoms with Crippen molar-refractivity contribution in [2.24, 2.45) is 16.6 Å². The van der Waals surface area contributed by atoms with Gasteiger partial charge in [0.1, 0.15) is 11.5 Å². The summed E-state index contributed by atoms with van der Waals surface area (Å²) >= 11 is 0. The quantitative estimate of drug-likeness (QED) is 0.377. The predicted octanol–water partition coefficient (Wildman–Crippen LogP) is 7.87. The molecule has 192 valence electrons. The number of nitrogens with two attached hydrogens (primary N) is 1. The fraction of sp³-hybridized carbons (Fsp3) is 0.613. The Hall–Kier alpha value is -2.04. The summed E-state index contributed by atoms with van der Waals surface area (Å²) in [5.74, 6) is 1.82. The van der Waals surface area contributed by atoms with Crippen molar-refractivity contribution < 1.29 is 14.2 Å². The van der Waals surface area contributed by atoms with Crippen molar-refractivity contribution in [3.63, 3.8) is 0 Å². The van der Waals surface area contributed by atoms with Crippen LogP contribution in [-0.2, 0) is 17.6 Å². The van der Waals surface area contributed by atoms with Gasteiger partial charge in [0.2, 0.25) is 12.6 Å². The van der Waals surface area contributed by atoms with Crippen molar-refractivity contribution >= 4 is 0 Å². The van der Waals surface area contributed by atoms with E-state index in [1.54, 1.807) is 0 Å². The van der Waals surface area contributed by atoms with Crippen molar-refractivity contribution in [1.29, 1.82) is 0 Å². The number of rotatable bonds is 10. The van der Waals surface area contributed by atoms with Gasteiger partial charge in [-0.15, -0.1) is 0 Å². The summed E-state index contributed by atoms with van der Waals surface area (Å²) in [5, 5.41) is 0. The van der Waals surface area contributed by atoms with Gasteiger partial charge in [0.05, 0.1) is 11.1 Å². The SMILES string of the molecule is CCCCC(C)(C)Cc1cc(C)c2c(c1)C1Oc3c(C)cc(CC(C)(C)CCCN)cc3C(O2)O1. The summed E-state index contributed by atoms with van der Waals surface area (Å²) in [6, 6.07) is 9.02. The van der Waals surface area contributed by atoms with Crippen molar-refractivity contribution in [2.75, 3.05) is 6.54 Å². The van der Waals surface area contributed by atoms with Crippen LogP contribution in [0.1, 0.15) is 113 Å². The fourth-order valence-electron chi connectivity index (χ4n) is 5.81. The second-order valence-corrected chi connectivity index (χ2v) is 12.4. The number of hydrogen-bond donors (Lipinski definition) is 1. The topological polar surface area (TPSA) is 53.7 Å². The van der Waals surface area contributed by atoms with Crippen LogP contribution in [0.2, 0.25) is 0 Å². The van der Waals surface area contributed by atoms with Crippen LogP contribution in [0.4, 0.5) is 0 Å². The normalized spacial score (nSPS) is 19.0. The molecular weight excluding hydrogens is 434 g/mol. The number of fused-ring (bicyclic) bond motifs is 6. The van der Waals surface area contributed by atoms with Gasteiger partial charge in [-0.3, -0.25) is 4.74 Å². The van der Waals surface area contributed by atoms with Crippen LogP contribution in [0.25, 0.3) is 0 Å². The lowest BCUT2D eigenvalue weighted by Gasteiger charge is -2.40. The number of benzene rings is 2. The highest BCUT2D eigenvalue weighted by Gasteiger charge is 2.40. The van der Waals surface area contributed by atoms with E-state index in [0.717, 1.165) is 66.0 Å². The van der Waals surface area contributed by atoms with E-state index in [-0.39, 0.29) is 10.8 Å². The minimum absolute atomic E-state index is 0.191. The molecule has 2 aromatic carbocycles. The lowest BCUT2D eigenvalue weighted by atomic mass is 9.80. The Morgan fingerprint density at radius 1 is 0.743 bits per heavy atom. The molecule has 0 fully saturated rings. The highest BCUT2D eigenvalue weighted by atomic mass is 16.8. The molecular formula is C31H45NO3. The zero-order valence-corrected chi connectivity index (χ0v) is 22.9. The molecule has 0 aromatic heterocycles. The third kappa shape index (κ3) is 5.86. The number of hydrogen-bond acceptors (Lipinski definition) is 4. The standard InChI is InChI=1S/C31H45NO3/c1-8-9-11-30(4,5)18-22-14-20(2)26-24(16-22)28-34-27-21(3)15-23(17-25(27)29(33-26)35-28)19-31(6,7)12-10-13-32/h14-17,28-29H,8-13,18-19,32H2,1-7H3. The molecule has 0 saturated heterocycles. The molecule has 35 heavy (non-hydrogen) atoms. The summed E-state index contributed by atoms with van der Waals surface area (Å²) < 4.78 is 19.3. The van der Waals surface area contributed by atoms with Gasteiger partial charge >= 0.3 is 0 Å². The van der Waals surface area contributed by atoms with Crippen LogP contribution in [0, 0.1) is 24.7 Å². The second kappa shape index (κ2) is 10.1. The Labute approximate surface area is 212 Å². The molecule has 2 unspecified atom stereocenters. The maximum Gasteiger partial charge on any atom is 0.233 e. The predicted molar refractivity (Wildman–Crippen MR) is 143 cm³/mol. The molecule has 0 saturated carbocycles. The first kappa shape index (κ1) is 26.0. The van der Waals surface area contributed by atoms with Crippen LogP contribution >= 0.6 is 0 Å². The van der Waals surface area contributed by atoms with E-state index in [0.29, 0.717) is 0 Å². The highest BCUT2D eigenvalue weighted by Crippen LogP contribution is 2.50. The van der Waals surface area contributed by atoms with Crippen LogP contribution < -0.4 is 15.2 Å². The first-order valence-electron chi connectivity index (χ1n) is 13.5. The molecule has 0 radical (unpaired) electrons. The lowest BCUT2D eigenvalue weighted by Crippen LogP contribution is -2.31. The van der Waals surface area contributed by atoms with Crippen molar-refractivity contribution in [3.05, 3.63) is 57.6 Å². The third-order valence-electron chi connectivity index (χ3n) is 7.56. The van der Waals surface area contributed by atoms with Gasteiger partial charge in [-0.05, 0) is 97.7 Å². The summed E-state index contributed by atoms with van der Waals surface area (Å²) in [5.41, 5.74) is 13.2. The van der Waals surface area contributed by atoms with Crippen LogP contribution in [-0.4, -0.2) is 6.54 Å². The van der Waals surface area contributed by atoms with Crippen molar-refractivity contribution in [1.82, 2.24) is 0 Å². The van der Waals surface area contributed by atoms with Gasteiger partial charge in [0.15, 0.2) is 0 Å². The molecule has 2 aliphatic rings. The van der Waals surface area contributed by atoms with E-state index in [1.807, 2.05) is 0 Å². The smallest absolute Gasteiger partial charge is 0.233 e. The Morgan fingerprint density at radius 2 is 1.20 bits per heavy atom. The zero-order valence-electron chi connectivity index (χ0n) is 22.9. The maximum atomic E-state index is 6.50. The lowest BCUT2D eigenvalue weighted by molar-refractivity contribution is -0.228. The first-order valence-corrected chi connectivity index (χ1v) is 13.5. The minimum Gasteiger partial charge on any atom is -0.459 e. The summed E-state index contributed by atoms with van der Waals surface area (Å²) in [4.78, 5) is 0. The van der Waals surface area contributed by atoms with Gasteiger partial charge in [-0.1, -0.05) is 59.6 Å². The molecule has 0 spiro atoms. The fourth-order valence-corrected chi connectivity index (χ4v) is 5.81. The number of unbranched alkanes of at least 4 members (excludes halogenated alkanes) is 1. The Bertz CT molecular complexity index is 972. The Balaban J connectivity index is 1.60. The van der Waals surface area contributed by atoms with E-state index >= 15 is 0 Å². The van der Waals surface area contributed by atoms with Crippen molar-refractivity contribution in [3.8, 4) is 11.5 Å². The van der Waals surface area contributed by atoms with Gasteiger partial charge in [-0.25, -0.2) is 0 Å². The van der Waals surface area contributed by atoms with Crippen LogP contribution in [0.15, 0.2) is 24.3 Å². The van der Waals surface area contributed by atoms with Gasteiger partial charge in [0, 0.05) is 0 Å². The number of ether oxygens (including phenoxy) is 3. The Kier molecular flexibility index (Phi) is 7.54. The van der Waals surface area contributed by atoms with E-state index < -0.39 is 12.6 Å². The average Bonchev–Trinajstić information content (AvgIpc) is 2.77. The number of aryl methyl sites for hydroxylation is 2. The molecule has 2 atom stereocenters. The Morgan fingerprint density at radius 3 is 1.63 bits per heavy atom. The molecule has 0 amide bonds. The van der Waals surface area contributed by atoms with E-state index in [4.69, 9.17) is 19.9 Å². The minimum atomic E-state index is -0.437. The highest BCUT2D eigenvalue weighted by molar-refractivity contribution is 5.52. The zero-order chi connectivity index (χ0) is 25.4. The monoisotopic (exact) mass is 479 g/mol. The molecule has 4 heteroatoms. The maximum absolute atomic E-state index is 6.50. The van der Waals surface area contributed by atoms with Crippen molar-refractivity contribution in [2.45, 2.75) is 106 Å². The second-order valence-electron chi connectivity index (χ2n) is 12.4. The largest absolute Gasteiger partial charge is 0.459 e. The summed E-state index contributed by atoms with van der Waals surface area (Å²) in [6.45, 7) is 16.6. The molecule has 0 aliphatic carbocycles. The molecule has 2 heterocycles. The molecule has 2 aliphatic heterocycles. The van der Waals surface area contributed by atoms with Gasteiger partial charge in [0.25, 0.3) is 0 Å². The average molecular weight is 480 g/mol. The third-order valence-corrected chi connectivity index (χ3v) is 7.56. The van der Waals surface area contributed by atoms with E-state index in [2.05, 4.69) is 72.7 Å². The van der Waals surface area contributed by atoms with E-state index in [1.165, 1.54) is 30.4 Å². The van der Waals surface area contributed by atoms with Gasteiger partial charge in [-0.2, -0.15) is 0 Å². The summed E-state index contributed by atoms with van der Waals surface area (Å²) in [7, 11) is 0.